The number of carbonyl (C=O) groups is 1. The average molecular weight is 377 g/mol. The van der Waals surface area contributed by atoms with Crippen molar-refractivity contribution in [2.75, 3.05) is 26.2 Å². The average Bonchev–Trinajstić information content (AvgIpc) is 3.12. The van der Waals surface area contributed by atoms with Crippen molar-refractivity contribution in [2.24, 2.45) is 5.73 Å². The van der Waals surface area contributed by atoms with Crippen LogP contribution in [-0.2, 0) is 16.6 Å². The van der Waals surface area contributed by atoms with Crippen LogP contribution >= 0.6 is 0 Å². The van der Waals surface area contributed by atoms with E-state index in [-0.39, 0.29) is 25.5 Å². The molecule has 0 atom stereocenters. The standard InChI is InChI=1S/C18H23N3O4S/c1-13-3-4-14(2)17(9-13)26(23,24)21-7-5-20(6-8-21)18(22)15-10-16(11-19)25-12-15/h3-4,9-10,12H,5-8,11,19H2,1-2H3. The third-order valence-corrected chi connectivity index (χ3v) is 6.63. The molecular weight excluding hydrogens is 354 g/mol. The number of nitrogens with two attached hydrogens (primary N) is 1. The highest BCUT2D eigenvalue weighted by Gasteiger charge is 2.31. The monoisotopic (exact) mass is 377 g/mol. The van der Waals surface area contributed by atoms with Crippen LogP contribution in [-0.4, -0.2) is 49.7 Å². The number of furan rings is 1. The highest BCUT2D eigenvalue weighted by Crippen LogP contribution is 2.23. The molecule has 0 radical (unpaired) electrons. The predicted molar refractivity (Wildman–Crippen MR) is 97.2 cm³/mol. The SMILES string of the molecule is Cc1ccc(C)c(S(=O)(=O)N2CCN(C(=O)c3coc(CN)c3)CC2)c1. The largest absolute Gasteiger partial charge is 0.467 e. The first-order valence-electron chi connectivity index (χ1n) is 8.47. The van der Waals surface area contributed by atoms with Gasteiger partial charge in [0.05, 0.1) is 17.0 Å². The van der Waals surface area contributed by atoms with E-state index < -0.39 is 10.0 Å². The minimum Gasteiger partial charge on any atom is -0.467 e. The Morgan fingerprint density at radius 1 is 1.15 bits per heavy atom. The molecule has 140 valence electrons. The van der Waals surface area contributed by atoms with E-state index in [2.05, 4.69) is 0 Å². The summed E-state index contributed by atoms with van der Waals surface area (Å²) in [4.78, 5) is 14.5. The van der Waals surface area contributed by atoms with Crippen molar-refractivity contribution in [3.63, 3.8) is 0 Å². The van der Waals surface area contributed by atoms with Gasteiger partial charge in [0, 0.05) is 26.2 Å². The number of hydrogen-bond acceptors (Lipinski definition) is 5. The lowest BCUT2D eigenvalue weighted by Crippen LogP contribution is -2.50. The summed E-state index contributed by atoms with van der Waals surface area (Å²) in [6, 6.07) is 7.03. The molecule has 2 aromatic rings. The topological polar surface area (TPSA) is 96.9 Å². The molecule has 1 amide bonds. The van der Waals surface area contributed by atoms with Crippen molar-refractivity contribution in [2.45, 2.75) is 25.3 Å². The molecule has 26 heavy (non-hydrogen) atoms. The van der Waals surface area contributed by atoms with Crippen LogP contribution in [0.25, 0.3) is 0 Å². The number of carbonyl (C=O) groups excluding carboxylic acids is 1. The normalized spacial score (nSPS) is 16.0. The van der Waals surface area contributed by atoms with E-state index in [1.54, 1.807) is 24.0 Å². The molecule has 1 aromatic heterocycles. The number of aryl methyl sites for hydroxylation is 2. The number of amides is 1. The van der Waals surface area contributed by atoms with Crippen LogP contribution < -0.4 is 5.73 Å². The minimum absolute atomic E-state index is 0.169. The molecule has 1 fully saturated rings. The summed E-state index contributed by atoms with van der Waals surface area (Å²) in [5.41, 5.74) is 7.56. The number of sulfonamides is 1. The number of hydrogen-bond donors (Lipinski definition) is 1. The molecule has 2 N–H and O–H groups in total. The van der Waals surface area contributed by atoms with Crippen molar-refractivity contribution in [3.05, 3.63) is 53.0 Å². The van der Waals surface area contributed by atoms with E-state index in [1.165, 1.54) is 10.6 Å². The Bertz CT molecular complexity index is 912. The maximum absolute atomic E-state index is 12.9. The van der Waals surface area contributed by atoms with Crippen LogP contribution in [0.1, 0.15) is 27.2 Å². The Balaban J connectivity index is 1.71. The Morgan fingerprint density at radius 2 is 1.85 bits per heavy atom. The second-order valence-corrected chi connectivity index (χ2v) is 8.38. The summed E-state index contributed by atoms with van der Waals surface area (Å²) >= 11 is 0. The third kappa shape index (κ3) is 3.53. The second-order valence-electron chi connectivity index (χ2n) is 6.47. The van der Waals surface area contributed by atoms with Crippen molar-refractivity contribution < 1.29 is 17.6 Å². The molecule has 0 unspecified atom stereocenters. The molecule has 8 heteroatoms. The summed E-state index contributed by atoms with van der Waals surface area (Å²) in [7, 11) is -3.57. The maximum Gasteiger partial charge on any atom is 0.257 e. The van der Waals surface area contributed by atoms with Gasteiger partial charge in [0.2, 0.25) is 10.0 Å². The maximum atomic E-state index is 12.9. The first-order valence-corrected chi connectivity index (χ1v) is 9.91. The highest BCUT2D eigenvalue weighted by molar-refractivity contribution is 7.89. The number of piperazine rings is 1. The van der Waals surface area contributed by atoms with E-state index >= 15 is 0 Å². The van der Waals surface area contributed by atoms with E-state index in [1.807, 2.05) is 19.1 Å². The molecule has 1 aromatic carbocycles. The third-order valence-electron chi connectivity index (χ3n) is 4.59. The summed E-state index contributed by atoms with van der Waals surface area (Å²) in [6.45, 7) is 5.11. The van der Waals surface area contributed by atoms with Gasteiger partial charge in [-0.3, -0.25) is 4.79 Å². The molecule has 3 rings (SSSR count). The Morgan fingerprint density at radius 3 is 2.46 bits per heavy atom. The molecule has 0 spiro atoms. The summed E-state index contributed by atoms with van der Waals surface area (Å²) in [5, 5.41) is 0. The van der Waals surface area contributed by atoms with Crippen molar-refractivity contribution in [1.82, 2.24) is 9.21 Å². The molecular formula is C18H23N3O4S. The van der Waals surface area contributed by atoms with Crippen LogP contribution in [0.5, 0.6) is 0 Å². The lowest BCUT2D eigenvalue weighted by atomic mass is 10.2. The summed E-state index contributed by atoms with van der Waals surface area (Å²) in [6.07, 6.45) is 1.39. The van der Waals surface area contributed by atoms with E-state index in [0.29, 0.717) is 29.3 Å². The fraction of sp³-hybridized carbons (Fsp3) is 0.389. The van der Waals surface area contributed by atoms with Gasteiger partial charge < -0.3 is 15.1 Å². The lowest BCUT2D eigenvalue weighted by Gasteiger charge is -2.34. The van der Waals surface area contributed by atoms with Crippen molar-refractivity contribution in [3.8, 4) is 0 Å². The van der Waals surface area contributed by atoms with Crippen LogP contribution in [0.2, 0.25) is 0 Å². The zero-order chi connectivity index (χ0) is 18.9. The van der Waals surface area contributed by atoms with Gasteiger partial charge in [0.15, 0.2) is 0 Å². The highest BCUT2D eigenvalue weighted by atomic mass is 32.2. The number of nitrogens with zero attached hydrogens (tertiary/aromatic N) is 2. The van der Waals surface area contributed by atoms with Crippen LogP contribution in [0, 0.1) is 13.8 Å². The quantitative estimate of drug-likeness (QED) is 0.871. The fourth-order valence-electron chi connectivity index (χ4n) is 3.04. The van der Waals surface area contributed by atoms with Crippen LogP contribution in [0.15, 0.2) is 39.8 Å². The summed E-state index contributed by atoms with van der Waals surface area (Å²) < 4.78 is 32.5. The number of rotatable bonds is 4. The van der Waals surface area contributed by atoms with Gasteiger partial charge in [-0.05, 0) is 37.1 Å². The van der Waals surface area contributed by atoms with E-state index in [9.17, 15) is 13.2 Å². The van der Waals surface area contributed by atoms with Crippen molar-refractivity contribution >= 4 is 15.9 Å². The first kappa shape index (κ1) is 18.6. The molecule has 7 nitrogen and oxygen atoms in total. The van der Waals surface area contributed by atoms with Gasteiger partial charge >= 0.3 is 0 Å². The van der Waals surface area contributed by atoms with Crippen LogP contribution in [0.3, 0.4) is 0 Å². The van der Waals surface area contributed by atoms with Gasteiger partial charge in [-0.2, -0.15) is 4.31 Å². The van der Waals surface area contributed by atoms with Gasteiger partial charge in [-0.25, -0.2) is 8.42 Å². The van der Waals surface area contributed by atoms with Gasteiger partial charge in [-0.15, -0.1) is 0 Å². The van der Waals surface area contributed by atoms with Gasteiger partial charge in [0.1, 0.15) is 12.0 Å². The molecule has 0 bridgehead atoms. The molecule has 1 aliphatic heterocycles. The Labute approximate surface area is 153 Å². The molecule has 1 saturated heterocycles. The predicted octanol–water partition coefficient (Wildman–Crippen LogP) is 1.50. The van der Waals surface area contributed by atoms with Gasteiger partial charge in [0.25, 0.3) is 5.91 Å². The zero-order valence-corrected chi connectivity index (χ0v) is 15.8. The minimum atomic E-state index is -3.57. The van der Waals surface area contributed by atoms with Gasteiger partial charge in [-0.1, -0.05) is 12.1 Å². The Hall–Kier alpha value is -2.16. The zero-order valence-electron chi connectivity index (χ0n) is 14.9. The smallest absolute Gasteiger partial charge is 0.257 e. The first-order chi connectivity index (χ1) is 12.3. The van der Waals surface area contributed by atoms with E-state index in [4.69, 9.17) is 10.2 Å². The number of benzene rings is 1. The molecule has 2 heterocycles. The Kier molecular flexibility index (Phi) is 5.17. The second kappa shape index (κ2) is 7.22. The summed E-state index contributed by atoms with van der Waals surface area (Å²) in [5.74, 6) is 0.377. The van der Waals surface area contributed by atoms with Crippen molar-refractivity contribution in [1.29, 1.82) is 0 Å². The van der Waals surface area contributed by atoms with Crippen LogP contribution in [0.4, 0.5) is 0 Å². The molecule has 0 aliphatic carbocycles. The fourth-order valence-corrected chi connectivity index (χ4v) is 4.77. The van der Waals surface area contributed by atoms with E-state index in [0.717, 1.165) is 11.1 Å². The lowest BCUT2D eigenvalue weighted by molar-refractivity contribution is 0.0697. The molecule has 0 saturated carbocycles. The molecule has 1 aliphatic rings.